The van der Waals surface area contributed by atoms with Crippen LogP contribution in [-0.4, -0.2) is 56.3 Å². The smallest absolute Gasteiger partial charge is 0.243 e. The first kappa shape index (κ1) is 21.1. The Morgan fingerprint density at radius 3 is 2.28 bits per heavy atom. The van der Waals surface area contributed by atoms with Gasteiger partial charge < -0.3 is 9.64 Å². The van der Waals surface area contributed by atoms with Crippen molar-refractivity contribution in [3.63, 3.8) is 0 Å². The highest BCUT2D eigenvalue weighted by Crippen LogP contribution is 2.20. The van der Waals surface area contributed by atoms with Gasteiger partial charge >= 0.3 is 0 Å². The van der Waals surface area contributed by atoms with Crippen LogP contribution in [0.4, 0.5) is 13.2 Å². The standard InChI is InChI=1S/C19H19F3N2O4S/c20-15-6-5-14(13-17(15)22)29(26,27)24-10-8-23(9-11-24)19(25)7-12-28-18-4-2-1-3-16(18)21/h1-6,13H,7-12H2. The van der Waals surface area contributed by atoms with Crippen molar-refractivity contribution < 1.29 is 31.1 Å². The van der Waals surface area contributed by atoms with Gasteiger partial charge in [-0.2, -0.15) is 4.31 Å². The first-order valence-corrected chi connectivity index (χ1v) is 10.3. The first-order valence-electron chi connectivity index (χ1n) is 8.89. The monoisotopic (exact) mass is 428 g/mol. The zero-order valence-corrected chi connectivity index (χ0v) is 16.2. The van der Waals surface area contributed by atoms with Crippen LogP contribution in [0.5, 0.6) is 5.75 Å². The topological polar surface area (TPSA) is 66.9 Å². The number of carbonyl (C=O) groups is 1. The molecule has 29 heavy (non-hydrogen) atoms. The summed E-state index contributed by atoms with van der Waals surface area (Å²) >= 11 is 0. The summed E-state index contributed by atoms with van der Waals surface area (Å²) < 4.78 is 71.4. The minimum Gasteiger partial charge on any atom is -0.490 e. The number of benzene rings is 2. The predicted octanol–water partition coefficient (Wildman–Crippen LogP) is 2.41. The second kappa shape index (κ2) is 8.83. The van der Waals surface area contributed by atoms with Crippen LogP contribution in [0.2, 0.25) is 0 Å². The van der Waals surface area contributed by atoms with E-state index in [9.17, 15) is 26.4 Å². The Morgan fingerprint density at radius 2 is 1.62 bits per heavy atom. The molecule has 1 amide bonds. The largest absolute Gasteiger partial charge is 0.490 e. The molecular weight excluding hydrogens is 409 g/mol. The van der Waals surface area contributed by atoms with E-state index in [-0.39, 0.29) is 55.8 Å². The third kappa shape index (κ3) is 4.88. The average Bonchev–Trinajstić information content (AvgIpc) is 2.71. The van der Waals surface area contributed by atoms with Gasteiger partial charge in [-0.05, 0) is 30.3 Å². The second-order valence-electron chi connectivity index (χ2n) is 6.39. The van der Waals surface area contributed by atoms with Gasteiger partial charge in [0, 0.05) is 26.2 Å². The van der Waals surface area contributed by atoms with E-state index in [1.807, 2.05) is 0 Å². The molecular formula is C19H19F3N2O4S. The summed E-state index contributed by atoms with van der Waals surface area (Å²) in [5.41, 5.74) is 0. The Bertz CT molecular complexity index is 993. The molecule has 0 unspecified atom stereocenters. The third-order valence-corrected chi connectivity index (χ3v) is 6.42. The van der Waals surface area contributed by atoms with E-state index in [1.54, 1.807) is 6.07 Å². The van der Waals surface area contributed by atoms with Crippen molar-refractivity contribution in [1.29, 1.82) is 0 Å². The lowest BCUT2D eigenvalue weighted by Gasteiger charge is -2.34. The van der Waals surface area contributed by atoms with Gasteiger partial charge in [-0.3, -0.25) is 4.79 Å². The number of carbonyl (C=O) groups excluding carboxylic acids is 1. The van der Waals surface area contributed by atoms with Crippen LogP contribution in [0.1, 0.15) is 6.42 Å². The molecule has 0 N–H and O–H groups in total. The summed E-state index contributed by atoms with van der Waals surface area (Å²) in [5.74, 6) is -3.07. The van der Waals surface area contributed by atoms with Crippen molar-refractivity contribution in [2.24, 2.45) is 0 Å². The molecule has 1 aliphatic rings. The van der Waals surface area contributed by atoms with Crippen molar-refractivity contribution in [2.45, 2.75) is 11.3 Å². The van der Waals surface area contributed by atoms with Crippen molar-refractivity contribution in [3.05, 3.63) is 59.9 Å². The molecule has 3 rings (SSSR count). The fraction of sp³-hybridized carbons (Fsp3) is 0.316. The lowest BCUT2D eigenvalue weighted by molar-refractivity contribution is -0.132. The van der Waals surface area contributed by atoms with Crippen molar-refractivity contribution in [1.82, 2.24) is 9.21 Å². The number of hydrogen-bond donors (Lipinski definition) is 0. The fourth-order valence-electron chi connectivity index (χ4n) is 2.93. The molecule has 1 fully saturated rings. The maximum absolute atomic E-state index is 13.5. The Hall–Kier alpha value is -2.59. The van der Waals surface area contributed by atoms with Gasteiger partial charge in [0.2, 0.25) is 15.9 Å². The highest BCUT2D eigenvalue weighted by atomic mass is 32.2. The van der Waals surface area contributed by atoms with Crippen LogP contribution in [0, 0.1) is 17.5 Å². The van der Waals surface area contributed by atoms with E-state index in [1.165, 1.54) is 23.1 Å². The van der Waals surface area contributed by atoms with Crippen LogP contribution < -0.4 is 4.74 Å². The van der Waals surface area contributed by atoms with Crippen LogP contribution in [0.3, 0.4) is 0 Å². The molecule has 1 heterocycles. The minimum atomic E-state index is -3.99. The van der Waals surface area contributed by atoms with Crippen LogP contribution in [0.15, 0.2) is 47.4 Å². The highest BCUT2D eigenvalue weighted by molar-refractivity contribution is 7.89. The molecule has 0 aliphatic carbocycles. The van der Waals surface area contributed by atoms with Crippen LogP contribution in [0.25, 0.3) is 0 Å². The van der Waals surface area contributed by atoms with Gasteiger partial charge in [0.25, 0.3) is 0 Å². The van der Waals surface area contributed by atoms with E-state index in [2.05, 4.69) is 0 Å². The van der Waals surface area contributed by atoms with E-state index >= 15 is 0 Å². The summed E-state index contributed by atoms with van der Waals surface area (Å²) in [6.07, 6.45) is 0.0181. The number of rotatable bonds is 6. The lowest BCUT2D eigenvalue weighted by Crippen LogP contribution is -2.50. The molecule has 1 saturated heterocycles. The van der Waals surface area contributed by atoms with Gasteiger partial charge in [-0.1, -0.05) is 12.1 Å². The fourth-order valence-corrected chi connectivity index (χ4v) is 4.37. The lowest BCUT2D eigenvalue weighted by atomic mass is 10.3. The van der Waals surface area contributed by atoms with Gasteiger partial charge in [0.1, 0.15) is 0 Å². The SMILES string of the molecule is O=C(CCOc1ccccc1F)N1CCN(S(=O)(=O)c2ccc(F)c(F)c2)CC1. The van der Waals surface area contributed by atoms with E-state index < -0.39 is 27.5 Å². The van der Waals surface area contributed by atoms with Gasteiger partial charge in [0.15, 0.2) is 23.2 Å². The quantitative estimate of drug-likeness (QED) is 0.709. The number of hydrogen-bond acceptors (Lipinski definition) is 4. The summed E-state index contributed by atoms with van der Waals surface area (Å²) in [5, 5.41) is 0. The van der Waals surface area contributed by atoms with Gasteiger partial charge in [0.05, 0.1) is 17.9 Å². The summed E-state index contributed by atoms with van der Waals surface area (Å²) in [6.45, 7) is 0.360. The molecule has 6 nitrogen and oxygen atoms in total. The highest BCUT2D eigenvalue weighted by Gasteiger charge is 2.30. The Morgan fingerprint density at radius 1 is 0.931 bits per heavy atom. The first-order chi connectivity index (χ1) is 13.8. The maximum atomic E-state index is 13.5. The number of piperazine rings is 1. The van der Waals surface area contributed by atoms with Crippen LogP contribution in [-0.2, 0) is 14.8 Å². The predicted molar refractivity (Wildman–Crippen MR) is 98.2 cm³/mol. The molecule has 0 saturated carbocycles. The van der Waals surface area contributed by atoms with Crippen molar-refractivity contribution in [3.8, 4) is 5.75 Å². The van der Waals surface area contributed by atoms with E-state index in [0.29, 0.717) is 6.07 Å². The molecule has 0 radical (unpaired) electrons. The number of para-hydroxylation sites is 1. The van der Waals surface area contributed by atoms with Crippen molar-refractivity contribution in [2.75, 3.05) is 32.8 Å². The average molecular weight is 428 g/mol. The Kier molecular flexibility index (Phi) is 6.43. The van der Waals surface area contributed by atoms with Gasteiger partial charge in [-0.25, -0.2) is 21.6 Å². The number of halogens is 3. The van der Waals surface area contributed by atoms with E-state index in [0.717, 1.165) is 16.4 Å². The number of ether oxygens (including phenoxy) is 1. The van der Waals surface area contributed by atoms with E-state index in [4.69, 9.17) is 4.74 Å². The number of sulfonamides is 1. The van der Waals surface area contributed by atoms with Gasteiger partial charge in [-0.15, -0.1) is 0 Å². The Labute approximate surface area is 166 Å². The third-order valence-electron chi connectivity index (χ3n) is 4.53. The minimum absolute atomic E-state index is 0.00681. The summed E-state index contributed by atoms with van der Waals surface area (Å²) in [4.78, 5) is 13.4. The summed E-state index contributed by atoms with van der Waals surface area (Å²) in [6, 6.07) is 8.27. The van der Waals surface area contributed by atoms with Crippen molar-refractivity contribution >= 4 is 15.9 Å². The number of nitrogens with zero attached hydrogens (tertiary/aromatic N) is 2. The zero-order chi connectivity index (χ0) is 21.0. The number of amides is 1. The summed E-state index contributed by atoms with van der Waals surface area (Å²) in [7, 11) is -3.99. The molecule has 1 aliphatic heterocycles. The molecule has 2 aromatic carbocycles. The molecule has 10 heteroatoms. The second-order valence-corrected chi connectivity index (χ2v) is 8.33. The molecule has 0 spiro atoms. The normalized spacial score (nSPS) is 15.3. The maximum Gasteiger partial charge on any atom is 0.243 e. The molecule has 156 valence electrons. The molecule has 0 bridgehead atoms. The molecule has 0 aromatic heterocycles. The molecule has 2 aromatic rings. The Balaban J connectivity index is 1.52. The zero-order valence-electron chi connectivity index (χ0n) is 15.4. The van der Waals surface area contributed by atoms with Crippen LogP contribution >= 0.6 is 0 Å². The molecule has 0 atom stereocenters.